The Morgan fingerprint density at radius 3 is 2.50 bits per heavy atom. The summed E-state index contributed by atoms with van der Waals surface area (Å²) in [6.45, 7) is 4.17. The van der Waals surface area contributed by atoms with Gasteiger partial charge in [0, 0.05) is 13.0 Å². The molecule has 0 saturated heterocycles. The highest BCUT2D eigenvalue weighted by Crippen LogP contribution is 2.25. The summed E-state index contributed by atoms with van der Waals surface area (Å²) in [5.74, 6) is -0.0570. The van der Waals surface area contributed by atoms with Gasteiger partial charge in [-0.2, -0.15) is 0 Å². The van der Waals surface area contributed by atoms with Gasteiger partial charge >= 0.3 is 0 Å². The average Bonchev–Trinajstić information content (AvgIpc) is 2.70. The van der Waals surface area contributed by atoms with Gasteiger partial charge in [0.15, 0.2) is 0 Å². The van der Waals surface area contributed by atoms with E-state index in [0.29, 0.717) is 12.1 Å². The van der Waals surface area contributed by atoms with Gasteiger partial charge < -0.3 is 5.32 Å². The third-order valence-electron chi connectivity index (χ3n) is 5.80. The van der Waals surface area contributed by atoms with Gasteiger partial charge in [-0.3, -0.25) is 9.10 Å². The lowest BCUT2D eigenvalue weighted by Gasteiger charge is -2.24. The predicted octanol–water partition coefficient (Wildman–Crippen LogP) is 4.30. The van der Waals surface area contributed by atoms with Crippen LogP contribution in [0.1, 0.15) is 60.9 Å². The lowest BCUT2D eigenvalue weighted by Crippen LogP contribution is -2.33. The number of benzene rings is 2. The Hall–Kier alpha value is -2.34. The smallest absolute Gasteiger partial charge is 0.232 e. The molecule has 0 aromatic heterocycles. The van der Waals surface area contributed by atoms with Crippen molar-refractivity contribution < 1.29 is 13.2 Å². The molecule has 0 spiro atoms. The minimum absolute atomic E-state index is 0.0570. The average molecular weight is 429 g/mol. The number of hydrogen-bond donors (Lipinski definition) is 1. The Morgan fingerprint density at radius 1 is 1.10 bits per heavy atom. The number of amides is 1. The maximum atomic E-state index is 12.5. The standard InChI is InChI=1S/C24H32N2O3S/c1-18-9-4-7-12-23(18)26(30(3,28)29)16-8-13-24(27)25-19(2)21-15-14-20-10-5-6-11-22(20)17-21/h4,7,9,12,14-15,17,19H,5-6,8,10-11,13,16H2,1-3H3,(H,25,27)/t19-/m0/s1. The molecule has 1 aliphatic rings. The number of fused-ring (bicyclic) bond motifs is 1. The number of para-hydroxylation sites is 1. The second-order valence-electron chi connectivity index (χ2n) is 8.25. The largest absolute Gasteiger partial charge is 0.350 e. The summed E-state index contributed by atoms with van der Waals surface area (Å²) in [5.41, 5.74) is 5.53. The van der Waals surface area contributed by atoms with Crippen LogP contribution in [0.25, 0.3) is 0 Å². The fourth-order valence-corrected chi connectivity index (χ4v) is 5.13. The zero-order valence-electron chi connectivity index (χ0n) is 18.1. The SMILES string of the molecule is Cc1ccccc1N(CCCC(=O)N[C@@H](C)c1ccc2c(c1)CCCC2)S(C)(=O)=O. The van der Waals surface area contributed by atoms with Gasteiger partial charge in [0.1, 0.15) is 0 Å². The topological polar surface area (TPSA) is 66.5 Å². The minimum Gasteiger partial charge on any atom is -0.350 e. The first-order valence-electron chi connectivity index (χ1n) is 10.7. The molecule has 2 aromatic rings. The first kappa shape index (κ1) is 22.3. The van der Waals surface area contributed by atoms with E-state index in [1.165, 1.54) is 34.5 Å². The number of carbonyl (C=O) groups excluding carboxylic acids is 1. The van der Waals surface area contributed by atoms with Crippen LogP contribution in [0.5, 0.6) is 0 Å². The van der Waals surface area contributed by atoms with Crippen LogP contribution in [0.15, 0.2) is 42.5 Å². The lowest BCUT2D eigenvalue weighted by atomic mass is 9.89. The van der Waals surface area contributed by atoms with Crippen LogP contribution in [0.2, 0.25) is 0 Å². The summed E-state index contributed by atoms with van der Waals surface area (Å²) in [6, 6.07) is 13.9. The van der Waals surface area contributed by atoms with Gasteiger partial charge in [0.2, 0.25) is 15.9 Å². The molecule has 162 valence electrons. The van der Waals surface area contributed by atoms with E-state index in [0.717, 1.165) is 24.0 Å². The first-order valence-corrected chi connectivity index (χ1v) is 12.5. The van der Waals surface area contributed by atoms with Crippen LogP contribution in [-0.2, 0) is 27.7 Å². The summed E-state index contributed by atoms with van der Waals surface area (Å²) in [6.07, 6.45) is 6.70. The summed E-state index contributed by atoms with van der Waals surface area (Å²) < 4.78 is 25.9. The van der Waals surface area contributed by atoms with Crippen LogP contribution in [0.4, 0.5) is 5.69 Å². The Labute approximate surface area is 180 Å². The first-order chi connectivity index (χ1) is 14.3. The number of anilines is 1. The van der Waals surface area contributed by atoms with Crippen molar-refractivity contribution >= 4 is 21.6 Å². The van der Waals surface area contributed by atoms with Gasteiger partial charge in [-0.05, 0) is 74.3 Å². The number of carbonyl (C=O) groups is 1. The molecular formula is C24H32N2O3S. The maximum Gasteiger partial charge on any atom is 0.232 e. The van der Waals surface area contributed by atoms with Crippen molar-refractivity contribution in [1.82, 2.24) is 5.32 Å². The highest BCUT2D eigenvalue weighted by molar-refractivity contribution is 7.92. The highest BCUT2D eigenvalue weighted by Gasteiger charge is 2.19. The molecule has 0 radical (unpaired) electrons. The van der Waals surface area contributed by atoms with E-state index in [1.54, 1.807) is 6.07 Å². The number of aryl methyl sites for hydroxylation is 3. The molecule has 0 bridgehead atoms. The highest BCUT2D eigenvalue weighted by atomic mass is 32.2. The van der Waals surface area contributed by atoms with Crippen LogP contribution in [0, 0.1) is 6.92 Å². The number of rotatable bonds is 8. The van der Waals surface area contributed by atoms with E-state index < -0.39 is 10.0 Å². The predicted molar refractivity (Wildman–Crippen MR) is 122 cm³/mol. The van der Waals surface area contributed by atoms with Crippen molar-refractivity contribution in [3.05, 3.63) is 64.7 Å². The monoisotopic (exact) mass is 428 g/mol. The quantitative estimate of drug-likeness (QED) is 0.682. The minimum atomic E-state index is -3.41. The molecule has 0 unspecified atom stereocenters. The van der Waals surface area contributed by atoms with Crippen molar-refractivity contribution in [2.45, 2.75) is 58.4 Å². The molecule has 2 aromatic carbocycles. The van der Waals surface area contributed by atoms with Gasteiger partial charge in [0.25, 0.3) is 0 Å². The Balaban J connectivity index is 1.56. The number of nitrogens with zero attached hydrogens (tertiary/aromatic N) is 1. The van der Waals surface area contributed by atoms with E-state index in [1.807, 2.05) is 32.0 Å². The fourth-order valence-electron chi connectivity index (χ4n) is 4.11. The van der Waals surface area contributed by atoms with E-state index in [9.17, 15) is 13.2 Å². The van der Waals surface area contributed by atoms with Gasteiger partial charge in [-0.25, -0.2) is 8.42 Å². The third kappa shape index (κ3) is 5.63. The summed E-state index contributed by atoms with van der Waals surface area (Å²) in [4.78, 5) is 12.5. The number of nitrogens with one attached hydrogen (secondary N) is 1. The molecule has 1 amide bonds. The van der Waals surface area contributed by atoms with Crippen LogP contribution in [0.3, 0.4) is 0 Å². The number of hydrogen-bond acceptors (Lipinski definition) is 3. The zero-order chi connectivity index (χ0) is 21.7. The second-order valence-corrected chi connectivity index (χ2v) is 10.2. The molecule has 1 N–H and O–H groups in total. The van der Waals surface area contributed by atoms with Crippen molar-refractivity contribution in [3.63, 3.8) is 0 Å². The molecule has 6 heteroatoms. The second kappa shape index (κ2) is 9.65. The van der Waals surface area contributed by atoms with E-state index in [2.05, 4.69) is 23.5 Å². The van der Waals surface area contributed by atoms with Crippen molar-refractivity contribution in [2.24, 2.45) is 0 Å². The van der Waals surface area contributed by atoms with E-state index >= 15 is 0 Å². The summed E-state index contributed by atoms with van der Waals surface area (Å²) >= 11 is 0. The van der Waals surface area contributed by atoms with Crippen LogP contribution >= 0.6 is 0 Å². The molecule has 5 nitrogen and oxygen atoms in total. The van der Waals surface area contributed by atoms with Crippen LogP contribution < -0.4 is 9.62 Å². The molecule has 3 rings (SSSR count). The zero-order valence-corrected chi connectivity index (χ0v) is 19.0. The summed E-state index contributed by atoms with van der Waals surface area (Å²) in [5, 5.41) is 3.06. The van der Waals surface area contributed by atoms with Crippen molar-refractivity contribution in [3.8, 4) is 0 Å². The molecule has 1 atom stereocenters. The van der Waals surface area contributed by atoms with Crippen LogP contribution in [-0.4, -0.2) is 27.1 Å². The van der Waals surface area contributed by atoms with Crippen molar-refractivity contribution in [2.75, 3.05) is 17.1 Å². The molecule has 30 heavy (non-hydrogen) atoms. The number of sulfonamides is 1. The van der Waals surface area contributed by atoms with E-state index in [-0.39, 0.29) is 24.9 Å². The normalized spacial score (nSPS) is 14.6. The molecule has 0 fully saturated rings. The lowest BCUT2D eigenvalue weighted by molar-refractivity contribution is -0.121. The Kier molecular flexibility index (Phi) is 7.19. The molecule has 0 aliphatic heterocycles. The Bertz CT molecular complexity index is 1000. The van der Waals surface area contributed by atoms with Gasteiger partial charge in [0.05, 0.1) is 18.0 Å². The van der Waals surface area contributed by atoms with Gasteiger partial charge in [-0.15, -0.1) is 0 Å². The third-order valence-corrected chi connectivity index (χ3v) is 6.98. The maximum absolute atomic E-state index is 12.5. The summed E-state index contributed by atoms with van der Waals surface area (Å²) in [7, 11) is -3.41. The Morgan fingerprint density at radius 2 is 1.80 bits per heavy atom. The van der Waals surface area contributed by atoms with E-state index in [4.69, 9.17) is 0 Å². The molecule has 0 heterocycles. The molecular weight excluding hydrogens is 396 g/mol. The fraction of sp³-hybridized carbons (Fsp3) is 0.458. The molecule has 0 saturated carbocycles. The van der Waals surface area contributed by atoms with Crippen molar-refractivity contribution in [1.29, 1.82) is 0 Å². The molecule has 1 aliphatic carbocycles. The van der Waals surface area contributed by atoms with Gasteiger partial charge in [-0.1, -0.05) is 36.4 Å².